The van der Waals surface area contributed by atoms with Gasteiger partial charge in [-0.25, -0.2) is 4.79 Å². The molecule has 2 aliphatic heterocycles. The second-order valence-electron chi connectivity index (χ2n) is 8.64. The molecule has 3 N–H and O–H groups in total. The Hall–Kier alpha value is -3.51. The molecule has 0 bridgehead atoms. The molecule has 12 nitrogen and oxygen atoms in total. The lowest BCUT2D eigenvalue weighted by Crippen LogP contribution is -2.54. The molecule has 196 valence electrons. The van der Waals surface area contributed by atoms with Crippen LogP contribution in [0.4, 0.5) is 10.5 Å². The fourth-order valence-electron chi connectivity index (χ4n) is 4.23. The molecule has 2 unspecified atom stereocenters. The number of benzene rings is 1. The van der Waals surface area contributed by atoms with E-state index in [1.54, 1.807) is 43.0 Å². The van der Waals surface area contributed by atoms with Crippen LogP contribution >= 0.6 is 0 Å². The van der Waals surface area contributed by atoms with Crippen LogP contribution in [0.5, 0.6) is 0 Å². The lowest BCUT2D eigenvalue weighted by Gasteiger charge is -2.37. The van der Waals surface area contributed by atoms with Gasteiger partial charge in [0.1, 0.15) is 18.0 Å². The van der Waals surface area contributed by atoms with Gasteiger partial charge in [0.25, 0.3) is 0 Å². The van der Waals surface area contributed by atoms with E-state index in [0.29, 0.717) is 50.5 Å². The van der Waals surface area contributed by atoms with E-state index in [2.05, 4.69) is 10.2 Å². The molecule has 0 aliphatic carbocycles. The van der Waals surface area contributed by atoms with Gasteiger partial charge in [0.2, 0.25) is 5.91 Å². The summed E-state index contributed by atoms with van der Waals surface area (Å²) in [6, 6.07) is 5.83. The number of hydrogen-bond donors (Lipinski definition) is 3. The Morgan fingerprint density at radius 2 is 1.83 bits per heavy atom. The van der Waals surface area contributed by atoms with Gasteiger partial charge in [-0.15, -0.1) is 0 Å². The van der Waals surface area contributed by atoms with Crippen LogP contribution in [0, 0.1) is 5.41 Å². The highest BCUT2D eigenvalue weighted by atomic mass is 16.6. The zero-order chi connectivity index (χ0) is 26.2. The standard InChI is InChI=1S/C24H33N5O7/c1-3-20(30)26-22(25)16-5-7-17(8-6-16)29-15-18(36-24(29)34)14-27-9-11-28(12-10-27)19(23(32)33)13-21(31)35-4-2/h5-8,18-19H,3-4,9-15H2,1-2H3,(H,32,33)(H2,25,26,30). The zero-order valence-corrected chi connectivity index (χ0v) is 20.6. The SMILES string of the molecule is CCOC(=O)CC(C(=O)O)N1CCN(CC2CN(c3ccc(C(=N)NC(=O)CC)cc3)C(=O)O2)CC1. The smallest absolute Gasteiger partial charge is 0.414 e. The molecule has 0 saturated carbocycles. The third-order valence-electron chi connectivity index (χ3n) is 6.19. The number of carbonyl (C=O) groups excluding carboxylic acids is 3. The van der Waals surface area contributed by atoms with Crippen molar-refractivity contribution in [2.45, 2.75) is 38.8 Å². The molecule has 3 rings (SSSR count). The van der Waals surface area contributed by atoms with E-state index in [-0.39, 0.29) is 37.3 Å². The summed E-state index contributed by atoms with van der Waals surface area (Å²) >= 11 is 0. The van der Waals surface area contributed by atoms with Gasteiger partial charge in [0.05, 0.1) is 19.6 Å². The van der Waals surface area contributed by atoms with Gasteiger partial charge in [0, 0.05) is 50.4 Å². The molecule has 2 atom stereocenters. The minimum Gasteiger partial charge on any atom is -0.480 e. The number of anilines is 1. The van der Waals surface area contributed by atoms with Gasteiger partial charge >= 0.3 is 18.0 Å². The number of aliphatic carboxylic acids is 1. The molecule has 2 amide bonds. The second kappa shape index (κ2) is 12.5. The van der Waals surface area contributed by atoms with Crippen LogP contribution < -0.4 is 10.2 Å². The van der Waals surface area contributed by atoms with E-state index >= 15 is 0 Å². The molecule has 1 aromatic rings. The average Bonchev–Trinajstić information content (AvgIpc) is 3.22. The summed E-state index contributed by atoms with van der Waals surface area (Å²) < 4.78 is 10.4. The molecule has 12 heteroatoms. The lowest BCUT2D eigenvalue weighted by atomic mass is 10.1. The predicted molar refractivity (Wildman–Crippen MR) is 130 cm³/mol. The normalized spacial score (nSPS) is 19.4. The van der Waals surface area contributed by atoms with Gasteiger partial charge < -0.3 is 19.9 Å². The number of nitrogens with one attached hydrogen (secondary N) is 2. The van der Waals surface area contributed by atoms with Gasteiger partial charge in [-0.1, -0.05) is 6.92 Å². The summed E-state index contributed by atoms with van der Waals surface area (Å²) in [5.41, 5.74) is 1.17. The van der Waals surface area contributed by atoms with E-state index in [0.717, 1.165) is 0 Å². The Morgan fingerprint density at radius 1 is 1.17 bits per heavy atom. The Bertz CT molecular complexity index is 976. The van der Waals surface area contributed by atoms with E-state index in [4.69, 9.17) is 14.9 Å². The molecule has 2 saturated heterocycles. The Labute approximate surface area is 209 Å². The lowest BCUT2D eigenvalue weighted by molar-refractivity contribution is -0.153. The maximum absolute atomic E-state index is 12.5. The molecule has 2 heterocycles. The van der Waals surface area contributed by atoms with Crippen molar-refractivity contribution in [3.63, 3.8) is 0 Å². The van der Waals surface area contributed by atoms with Gasteiger partial charge in [-0.05, 0) is 31.2 Å². The third-order valence-corrected chi connectivity index (χ3v) is 6.19. The van der Waals surface area contributed by atoms with Crippen LogP contribution in [0.3, 0.4) is 0 Å². The number of carboxylic acid groups (broad SMARTS) is 1. The van der Waals surface area contributed by atoms with Crippen molar-refractivity contribution in [2.24, 2.45) is 0 Å². The monoisotopic (exact) mass is 503 g/mol. The van der Waals surface area contributed by atoms with Crippen LogP contribution in [-0.2, 0) is 23.9 Å². The fourth-order valence-corrected chi connectivity index (χ4v) is 4.23. The summed E-state index contributed by atoms with van der Waals surface area (Å²) in [5.74, 6) is -1.82. The number of carbonyl (C=O) groups is 4. The second-order valence-corrected chi connectivity index (χ2v) is 8.64. The van der Waals surface area contributed by atoms with Crippen molar-refractivity contribution in [2.75, 3.05) is 50.8 Å². The molecular formula is C24H33N5O7. The minimum absolute atomic E-state index is 0.00168. The number of hydrogen-bond acceptors (Lipinski definition) is 9. The quantitative estimate of drug-likeness (QED) is 0.240. The minimum atomic E-state index is -1.05. The fraction of sp³-hybridized carbons (Fsp3) is 0.542. The number of ether oxygens (including phenoxy) is 2. The van der Waals surface area contributed by atoms with Gasteiger partial charge in [-0.2, -0.15) is 0 Å². The molecular weight excluding hydrogens is 470 g/mol. The first-order chi connectivity index (χ1) is 17.2. The number of cyclic esters (lactones) is 1. The highest BCUT2D eigenvalue weighted by Crippen LogP contribution is 2.23. The van der Waals surface area contributed by atoms with Crippen LogP contribution in [0.2, 0.25) is 0 Å². The summed E-state index contributed by atoms with van der Waals surface area (Å²) in [7, 11) is 0. The predicted octanol–water partition coefficient (Wildman–Crippen LogP) is 0.887. The summed E-state index contributed by atoms with van der Waals surface area (Å²) in [6.45, 7) is 6.59. The van der Waals surface area contributed by atoms with Crippen LogP contribution in [-0.4, -0.2) is 103 Å². The van der Waals surface area contributed by atoms with Crippen LogP contribution in [0.25, 0.3) is 0 Å². The van der Waals surface area contributed by atoms with Crippen molar-refractivity contribution in [1.82, 2.24) is 15.1 Å². The average molecular weight is 504 g/mol. The molecule has 0 radical (unpaired) electrons. The number of piperazine rings is 1. The molecule has 36 heavy (non-hydrogen) atoms. The van der Waals surface area contributed by atoms with E-state index in [1.165, 1.54) is 4.90 Å². The maximum atomic E-state index is 12.5. The van der Waals surface area contributed by atoms with Crippen molar-refractivity contribution in [1.29, 1.82) is 5.41 Å². The first kappa shape index (κ1) is 27.1. The first-order valence-electron chi connectivity index (χ1n) is 12.0. The summed E-state index contributed by atoms with van der Waals surface area (Å²) in [6.07, 6.45) is -0.715. The molecule has 2 fully saturated rings. The number of esters is 1. The maximum Gasteiger partial charge on any atom is 0.414 e. The molecule has 1 aromatic carbocycles. The van der Waals surface area contributed by atoms with E-state index in [9.17, 15) is 24.3 Å². The Kier molecular flexibility index (Phi) is 9.37. The highest BCUT2D eigenvalue weighted by molar-refractivity contribution is 6.06. The Morgan fingerprint density at radius 3 is 2.42 bits per heavy atom. The number of amides is 2. The largest absolute Gasteiger partial charge is 0.480 e. The molecule has 0 spiro atoms. The highest BCUT2D eigenvalue weighted by Gasteiger charge is 2.36. The number of rotatable bonds is 10. The Balaban J connectivity index is 1.50. The number of nitrogens with zero attached hydrogens (tertiary/aromatic N) is 3. The third kappa shape index (κ3) is 7.01. The molecule has 0 aromatic heterocycles. The number of carboxylic acids is 1. The van der Waals surface area contributed by atoms with Crippen molar-refractivity contribution in [3.05, 3.63) is 29.8 Å². The van der Waals surface area contributed by atoms with Gasteiger partial charge in [0.15, 0.2) is 0 Å². The topological polar surface area (TPSA) is 153 Å². The van der Waals surface area contributed by atoms with Crippen molar-refractivity contribution >= 4 is 35.5 Å². The van der Waals surface area contributed by atoms with Gasteiger partial charge in [-0.3, -0.25) is 34.5 Å². The van der Waals surface area contributed by atoms with Crippen molar-refractivity contribution in [3.8, 4) is 0 Å². The first-order valence-corrected chi connectivity index (χ1v) is 12.0. The molecule has 2 aliphatic rings. The summed E-state index contributed by atoms with van der Waals surface area (Å²) in [4.78, 5) is 52.8. The van der Waals surface area contributed by atoms with Crippen LogP contribution in [0.1, 0.15) is 32.3 Å². The summed E-state index contributed by atoms with van der Waals surface area (Å²) in [5, 5.41) is 20.0. The zero-order valence-electron chi connectivity index (χ0n) is 20.6. The van der Waals surface area contributed by atoms with E-state index in [1.807, 2.05) is 0 Å². The number of amidine groups is 1. The van der Waals surface area contributed by atoms with E-state index < -0.39 is 24.1 Å². The van der Waals surface area contributed by atoms with Crippen LogP contribution in [0.15, 0.2) is 24.3 Å². The van der Waals surface area contributed by atoms with Crippen molar-refractivity contribution < 1.29 is 33.8 Å².